The fraction of sp³-hybridized carbons (Fsp3) is 0.167. The Bertz CT molecular complexity index is 227. The molecule has 0 unspecified atom stereocenters. The van der Waals surface area contributed by atoms with Gasteiger partial charge in [0.25, 0.3) is 0 Å². The van der Waals surface area contributed by atoms with E-state index in [1.54, 1.807) is 6.07 Å². The molecular weight excluding hydrogens is 118 g/mol. The average Bonchev–Trinajstić information content (AvgIpc) is 2.13. The molecule has 0 saturated carbocycles. The van der Waals surface area contributed by atoms with Crippen LogP contribution in [0.3, 0.4) is 0 Å². The lowest BCUT2D eigenvalue weighted by molar-refractivity contribution is 0.101. The van der Waals surface area contributed by atoms with Crippen LogP contribution in [0.1, 0.15) is 17.3 Å². The van der Waals surface area contributed by atoms with Crippen LogP contribution >= 0.6 is 0 Å². The third-order valence-corrected chi connectivity index (χ3v) is 1.07. The van der Waals surface area contributed by atoms with Crippen LogP contribution in [0.2, 0.25) is 0 Å². The van der Waals surface area contributed by atoms with Crippen molar-refractivity contribution >= 4 is 11.7 Å². The normalized spacial score (nSPS) is 9.44. The highest BCUT2D eigenvalue weighted by Crippen LogP contribution is 2.11. The molecule has 1 aromatic rings. The van der Waals surface area contributed by atoms with E-state index in [4.69, 9.17) is 5.73 Å². The summed E-state index contributed by atoms with van der Waals surface area (Å²) < 4.78 is 4.68. The molecule has 1 aromatic heterocycles. The number of rotatable bonds is 1. The Morgan fingerprint density at radius 2 is 2.44 bits per heavy atom. The number of carbonyl (C=O) groups is 1. The maximum absolute atomic E-state index is 10.6. The smallest absolute Gasteiger partial charge is 0.200 e. The number of nitrogen functional groups attached to an aromatic ring is 1. The highest BCUT2D eigenvalue weighted by Gasteiger charge is 2.04. The van der Waals surface area contributed by atoms with Gasteiger partial charge in [-0.3, -0.25) is 4.79 Å². The van der Waals surface area contributed by atoms with Crippen molar-refractivity contribution < 1.29 is 9.21 Å². The predicted octanol–water partition coefficient (Wildman–Crippen LogP) is 1.06. The van der Waals surface area contributed by atoms with Crippen LogP contribution in [-0.4, -0.2) is 5.78 Å². The Morgan fingerprint density at radius 1 is 1.78 bits per heavy atom. The van der Waals surface area contributed by atoms with E-state index in [2.05, 4.69) is 4.42 Å². The first-order valence-electron chi connectivity index (χ1n) is 2.55. The molecule has 0 radical (unpaired) electrons. The topological polar surface area (TPSA) is 56.2 Å². The van der Waals surface area contributed by atoms with Crippen molar-refractivity contribution in [3.05, 3.63) is 17.9 Å². The first kappa shape index (κ1) is 5.88. The molecule has 0 bridgehead atoms. The Hall–Kier alpha value is -1.25. The van der Waals surface area contributed by atoms with Crippen LogP contribution in [0.15, 0.2) is 16.7 Å². The molecule has 9 heavy (non-hydrogen) atoms. The van der Waals surface area contributed by atoms with Crippen LogP contribution in [0.25, 0.3) is 0 Å². The molecule has 0 amide bonds. The quantitative estimate of drug-likeness (QED) is 0.571. The average molecular weight is 125 g/mol. The molecule has 0 spiro atoms. The lowest BCUT2D eigenvalue weighted by Crippen LogP contribution is -1.94. The van der Waals surface area contributed by atoms with Crippen LogP contribution < -0.4 is 5.73 Å². The van der Waals surface area contributed by atoms with E-state index in [0.717, 1.165) is 0 Å². The number of carbonyl (C=O) groups excluding carboxylic acids is 1. The van der Waals surface area contributed by atoms with Crippen LogP contribution in [0.5, 0.6) is 0 Å². The molecule has 0 aliphatic rings. The molecule has 0 saturated heterocycles. The number of hydrogen-bond acceptors (Lipinski definition) is 3. The lowest BCUT2D eigenvalue weighted by Gasteiger charge is -1.86. The lowest BCUT2D eigenvalue weighted by atomic mass is 10.2. The van der Waals surface area contributed by atoms with Gasteiger partial charge in [0, 0.05) is 0 Å². The van der Waals surface area contributed by atoms with Crippen LogP contribution in [0.4, 0.5) is 5.88 Å². The maximum atomic E-state index is 10.6. The Balaban J connectivity index is 3.08. The number of nitrogens with two attached hydrogens (primary N) is 1. The summed E-state index contributed by atoms with van der Waals surface area (Å²) >= 11 is 0. The van der Waals surface area contributed by atoms with E-state index in [0.29, 0.717) is 5.56 Å². The minimum absolute atomic E-state index is 0.0683. The Labute approximate surface area is 52.5 Å². The minimum Gasteiger partial charge on any atom is -0.448 e. The summed E-state index contributed by atoms with van der Waals surface area (Å²) in [5, 5.41) is 0. The van der Waals surface area contributed by atoms with Crippen molar-refractivity contribution in [3.8, 4) is 0 Å². The number of hydrogen-bond donors (Lipinski definition) is 1. The second kappa shape index (κ2) is 1.93. The predicted molar refractivity (Wildman–Crippen MR) is 33.1 cm³/mol. The molecule has 0 aromatic carbocycles. The van der Waals surface area contributed by atoms with Gasteiger partial charge in [-0.15, -0.1) is 0 Å². The van der Waals surface area contributed by atoms with Crippen molar-refractivity contribution in [1.82, 2.24) is 0 Å². The maximum Gasteiger partial charge on any atom is 0.200 e. The van der Waals surface area contributed by atoms with E-state index in [1.165, 1.54) is 13.2 Å². The SMILES string of the molecule is CC(=O)c1ccoc1N. The standard InChI is InChI=1S/C6H7NO2/c1-4(8)5-2-3-9-6(5)7/h2-3H,7H2,1H3. The first-order valence-corrected chi connectivity index (χ1v) is 2.55. The van der Waals surface area contributed by atoms with Gasteiger partial charge in [-0.05, 0) is 13.0 Å². The van der Waals surface area contributed by atoms with Crippen molar-refractivity contribution in [2.45, 2.75) is 6.92 Å². The molecule has 0 fully saturated rings. The molecule has 3 heteroatoms. The number of ketones is 1. The Morgan fingerprint density at radius 3 is 2.67 bits per heavy atom. The fourth-order valence-electron chi connectivity index (χ4n) is 0.612. The molecule has 1 rings (SSSR count). The summed E-state index contributed by atoms with van der Waals surface area (Å²) in [6.45, 7) is 1.45. The van der Waals surface area contributed by atoms with E-state index < -0.39 is 0 Å². The van der Waals surface area contributed by atoms with E-state index in [1.807, 2.05) is 0 Å². The number of Topliss-reactive ketones (excluding diaryl/α,β-unsaturated/α-hetero) is 1. The van der Waals surface area contributed by atoms with Gasteiger partial charge in [0.05, 0.1) is 11.8 Å². The molecular formula is C6H7NO2. The third kappa shape index (κ3) is 0.937. The zero-order chi connectivity index (χ0) is 6.85. The molecule has 0 aliphatic carbocycles. The van der Waals surface area contributed by atoms with Gasteiger partial charge in [0.2, 0.25) is 5.88 Å². The molecule has 1 heterocycles. The van der Waals surface area contributed by atoms with Gasteiger partial charge in [0.1, 0.15) is 0 Å². The van der Waals surface area contributed by atoms with Gasteiger partial charge in [-0.25, -0.2) is 0 Å². The van der Waals surface area contributed by atoms with Gasteiger partial charge in [0.15, 0.2) is 5.78 Å². The van der Waals surface area contributed by atoms with Gasteiger partial charge < -0.3 is 10.2 Å². The van der Waals surface area contributed by atoms with Gasteiger partial charge >= 0.3 is 0 Å². The van der Waals surface area contributed by atoms with E-state index in [9.17, 15) is 4.79 Å². The van der Waals surface area contributed by atoms with Gasteiger partial charge in [-0.2, -0.15) is 0 Å². The van der Waals surface area contributed by atoms with Crippen molar-refractivity contribution in [1.29, 1.82) is 0 Å². The summed E-state index contributed by atoms with van der Waals surface area (Å²) in [5.74, 6) is 0.128. The number of anilines is 1. The van der Waals surface area contributed by atoms with Crippen LogP contribution in [-0.2, 0) is 0 Å². The summed E-state index contributed by atoms with van der Waals surface area (Å²) in [5.41, 5.74) is 5.71. The zero-order valence-electron chi connectivity index (χ0n) is 5.05. The molecule has 0 aliphatic heterocycles. The zero-order valence-corrected chi connectivity index (χ0v) is 5.05. The largest absolute Gasteiger partial charge is 0.448 e. The van der Waals surface area contributed by atoms with E-state index >= 15 is 0 Å². The van der Waals surface area contributed by atoms with Crippen molar-refractivity contribution in [2.24, 2.45) is 0 Å². The van der Waals surface area contributed by atoms with Crippen molar-refractivity contribution in [2.75, 3.05) is 5.73 Å². The minimum atomic E-state index is -0.0683. The molecule has 48 valence electrons. The molecule has 3 nitrogen and oxygen atoms in total. The summed E-state index contributed by atoms with van der Waals surface area (Å²) in [6, 6.07) is 1.55. The second-order valence-corrected chi connectivity index (χ2v) is 1.75. The van der Waals surface area contributed by atoms with Gasteiger partial charge in [-0.1, -0.05) is 0 Å². The summed E-state index contributed by atoms with van der Waals surface area (Å²) in [4.78, 5) is 10.6. The highest BCUT2D eigenvalue weighted by atomic mass is 16.3. The second-order valence-electron chi connectivity index (χ2n) is 1.75. The molecule has 0 atom stereocenters. The fourth-order valence-corrected chi connectivity index (χ4v) is 0.612. The third-order valence-electron chi connectivity index (χ3n) is 1.07. The monoisotopic (exact) mass is 125 g/mol. The number of furan rings is 1. The Kier molecular flexibility index (Phi) is 1.26. The summed E-state index contributed by atoms with van der Waals surface area (Å²) in [7, 11) is 0. The van der Waals surface area contributed by atoms with E-state index in [-0.39, 0.29) is 11.7 Å². The highest BCUT2D eigenvalue weighted by molar-refractivity contribution is 5.97. The molecule has 2 N–H and O–H groups in total. The van der Waals surface area contributed by atoms with Crippen LogP contribution in [0, 0.1) is 0 Å². The van der Waals surface area contributed by atoms with Crippen molar-refractivity contribution in [3.63, 3.8) is 0 Å². The first-order chi connectivity index (χ1) is 4.22. The summed E-state index contributed by atoms with van der Waals surface area (Å²) in [6.07, 6.45) is 1.39.